The van der Waals surface area contributed by atoms with E-state index in [0.29, 0.717) is 11.6 Å². The molecule has 1 heterocycles. The van der Waals surface area contributed by atoms with Crippen LogP contribution in [0.4, 0.5) is 0 Å². The number of pyridine rings is 1. The standard InChI is InChI=1S/C25H28NP/c1-2-20-12-11-18-24(26-20)23-17-9-10-19-25(23)27(21-13-5-3-6-14-21)22-15-7-4-8-16-22/h3-8,11-16,18,23,25H,2,9-10,17,19H2,1H3/t23-,25+/m0/s1. The van der Waals surface area contributed by atoms with Crippen LogP contribution in [-0.4, -0.2) is 10.6 Å². The zero-order valence-electron chi connectivity index (χ0n) is 16.1. The molecule has 0 amide bonds. The molecule has 1 aromatic heterocycles. The zero-order chi connectivity index (χ0) is 18.5. The first kappa shape index (κ1) is 18.4. The van der Waals surface area contributed by atoms with Crippen molar-refractivity contribution in [1.29, 1.82) is 0 Å². The number of nitrogens with zero attached hydrogens (tertiary/aromatic N) is 1. The van der Waals surface area contributed by atoms with Crippen LogP contribution in [0, 0.1) is 0 Å². The molecule has 1 aliphatic rings. The highest BCUT2D eigenvalue weighted by atomic mass is 31.1. The summed E-state index contributed by atoms with van der Waals surface area (Å²) in [7, 11) is -0.386. The average Bonchev–Trinajstić information content (AvgIpc) is 2.76. The molecule has 2 atom stereocenters. The van der Waals surface area contributed by atoms with Gasteiger partial charge in [-0.2, -0.15) is 0 Å². The lowest BCUT2D eigenvalue weighted by Gasteiger charge is -2.38. The summed E-state index contributed by atoms with van der Waals surface area (Å²) < 4.78 is 0. The van der Waals surface area contributed by atoms with Gasteiger partial charge in [0, 0.05) is 17.3 Å². The van der Waals surface area contributed by atoms with Gasteiger partial charge in [-0.25, -0.2) is 0 Å². The maximum atomic E-state index is 5.05. The van der Waals surface area contributed by atoms with Crippen molar-refractivity contribution in [3.8, 4) is 0 Å². The fraction of sp³-hybridized carbons (Fsp3) is 0.320. The van der Waals surface area contributed by atoms with Crippen LogP contribution in [0.2, 0.25) is 0 Å². The first-order valence-corrected chi connectivity index (χ1v) is 11.6. The van der Waals surface area contributed by atoms with E-state index in [4.69, 9.17) is 4.98 Å². The Hall–Kier alpha value is -1.98. The third-order valence-electron chi connectivity index (χ3n) is 5.70. The molecule has 0 bridgehead atoms. The van der Waals surface area contributed by atoms with Gasteiger partial charge in [0.2, 0.25) is 0 Å². The molecule has 2 aromatic carbocycles. The Morgan fingerprint density at radius 3 is 2.04 bits per heavy atom. The van der Waals surface area contributed by atoms with Crippen LogP contribution in [0.15, 0.2) is 78.9 Å². The van der Waals surface area contributed by atoms with Crippen molar-refractivity contribution in [1.82, 2.24) is 4.98 Å². The highest BCUT2D eigenvalue weighted by Crippen LogP contribution is 2.51. The molecule has 2 heteroatoms. The summed E-state index contributed by atoms with van der Waals surface area (Å²) in [6, 6.07) is 29.0. The summed E-state index contributed by atoms with van der Waals surface area (Å²) in [5.41, 5.74) is 3.21. The first-order valence-electron chi connectivity index (χ1n) is 10.2. The Balaban J connectivity index is 1.77. The normalized spacial score (nSPS) is 19.9. The van der Waals surface area contributed by atoms with Gasteiger partial charge in [-0.3, -0.25) is 4.98 Å². The average molecular weight is 373 g/mol. The predicted octanol–water partition coefficient (Wildman–Crippen LogP) is 5.80. The Morgan fingerprint density at radius 1 is 0.778 bits per heavy atom. The van der Waals surface area contributed by atoms with Gasteiger partial charge in [-0.05, 0) is 55.6 Å². The molecule has 1 aliphatic carbocycles. The molecule has 1 saturated carbocycles. The molecule has 0 N–H and O–H groups in total. The van der Waals surface area contributed by atoms with Crippen LogP contribution in [0.1, 0.15) is 49.9 Å². The van der Waals surface area contributed by atoms with Crippen LogP contribution >= 0.6 is 7.92 Å². The topological polar surface area (TPSA) is 12.9 Å². The van der Waals surface area contributed by atoms with Crippen LogP contribution in [0.25, 0.3) is 0 Å². The molecule has 4 rings (SSSR count). The van der Waals surface area contributed by atoms with Crippen molar-refractivity contribution in [3.05, 3.63) is 90.3 Å². The minimum Gasteiger partial charge on any atom is -0.258 e. The molecule has 1 fully saturated rings. The molecule has 138 valence electrons. The number of hydrogen-bond donors (Lipinski definition) is 0. The fourth-order valence-electron chi connectivity index (χ4n) is 4.38. The SMILES string of the molecule is CCc1cccc([C@@H]2CCCC[C@H]2P(c2ccccc2)c2ccccc2)n1. The molecule has 0 saturated heterocycles. The van der Waals surface area contributed by atoms with Crippen LogP contribution < -0.4 is 10.6 Å². The van der Waals surface area contributed by atoms with E-state index in [1.807, 2.05) is 0 Å². The van der Waals surface area contributed by atoms with Gasteiger partial charge >= 0.3 is 0 Å². The molecular formula is C25H28NP. The van der Waals surface area contributed by atoms with Gasteiger partial charge in [0.15, 0.2) is 0 Å². The zero-order valence-corrected chi connectivity index (χ0v) is 17.0. The molecule has 27 heavy (non-hydrogen) atoms. The lowest BCUT2D eigenvalue weighted by atomic mass is 9.86. The maximum Gasteiger partial charge on any atom is 0.0444 e. The minimum absolute atomic E-state index is 0.386. The van der Waals surface area contributed by atoms with Gasteiger partial charge < -0.3 is 0 Å². The smallest absolute Gasteiger partial charge is 0.0444 e. The number of aryl methyl sites for hydroxylation is 1. The van der Waals surface area contributed by atoms with Crippen molar-refractivity contribution in [2.45, 2.75) is 50.6 Å². The van der Waals surface area contributed by atoms with Crippen LogP contribution in [0.5, 0.6) is 0 Å². The monoisotopic (exact) mass is 373 g/mol. The van der Waals surface area contributed by atoms with Gasteiger partial charge in [-0.1, -0.05) is 86.5 Å². The largest absolute Gasteiger partial charge is 0.258 e. The summed E-state index contributed by atoms with van der Waals surface area (Å²) in [6.45, 7) is 2.20. The van der Waals surface area contributed by atoms with Crippen molar-refractivity contribution in [3.63, 3.8) is 0 Å². The Morgan fingerprint density at radius 2 is 1.41 bits per heavy atom. The van der Waals surface area contributed by atoms with E-state index in [-0.39, 0.29) is 7.92 Å². The first-order chi connectivity index (χ1) is 13.4. The van der Waals surface area contributed by atoms with Crippen LogP contribution in [-0.2, 0) is 6.42 Å². The number of hydrogen-bond acceptors (Lipinski definition) is 1. The van der Waals surface area contributed by atoms with Gasteiger partial charge in [0.25, 0.3) is 0 Å². The third-order valence-corrected chi connectivity index (χ3v) is 8.69. The molecule has 0 unspecified atom stereocenters. The second-order valence-corrected chi connectivity index (χ2v) is 9.84. The lowest BCUT2D eigenvalue weighted by molar-refractivity contribution is 0.445. The van der Waals surface area contributed by atoms with Crippen molar-refractivity contribution >= 4 is 18.5 Å². The Labute approximate surface area is 164 Å². The fourth-order valence-corrected chi connectivity index (χ4v) is 7.53. The number of aromatic nitrogens is 1. The molecular weight excluding hydrogens is 345 g/mol. The van der Waals surface area contributed by atoms with E-state index in [1.165, 1.54) is 47.7 Å². The van der Waals surface area contributed by atoms with E-state index < -0.39 is 0 Å². The molecule has 0 radical (unpaired) electrons. The molecule has 0 aliphatic heterocycles. The maximum absolute atomic E-state index is 5.05. The summed E-state index contributed by atoms with van der Waals surface area (Å²) in [5, 5.41) is 3.00. The highest BCUT2D eigenvalue weighted by molar-refractivity contribution is 7.73. The second-order valence-electron chi connectivity index (χ2n) is 7.41. The van der Waals surface area contributed by atoms with Gasteiger partial charge in [0.05, 0.1) is 0 Å². The van der Waals surface area contributed by atoms with Crippen molar-refractivity contribution in [2.24, 2.45) is 0 Å². The van der Waals surface area contributed by atoms with Crippen LogP contribution in [0.3, 0.4) is 0 Å². The Bertz CT molecular complexity index is 807. The Kier molecular flexibility index (Phi) is 6.00. The number of rotatable bonds is 5. The number of benzene rings is 2. The second kappa shape index (κ2) is 8.81. The van der Waals surface area contributed by atoms with Crippen molar-refractivity contribution < 1.29 is 0 Å². The molecule has 3 aromatic rings. The quantitative estimate of drug-likeness (QED) is 0.515. The highest BCUT2D eigenvalue weighted by Gasteiger charge is 2.35. The van der Waals surface area contributed by atoms with E-state index in [9.17, 15) is 0 Å². The van der Waals surface area contributed by atoms with E-state index in [0.717, 1.165) is 6.42 Å². The minimum atomic E-state index is -0.386. The summed E-state index contributed by atoms with van der Waals surface area (Å²) in [5.74, 6) is 0.566. The molecule has 0 spiro atoms. The van der Waals surface area contributed by atoms with E-state index in [1.54, 1.807) is 0 Å². The summed E-state index contributed by atoms with van der Waals surface area (Å²) in [4.78, 5) is 5.05. The van der Waals surface area contributed by atoms with E-state index >= 15 is 0 Å². The van der Waals surface area contributed by atoms with E-state index in [2.05, 4.69) is 85.8 Å². The molecule has 1 nitrogen and oxygen atoms in total. The predicted molar refractivity (Wildman–Crippen MR) is 118 cm³/mol. The third kappa shape index (κ3) is 4.14. The van der Waals surface area contributed by atoms with Gasteiger partial charge in [0.1, 0.15) is 0 Å². The van der Waals surface area contributed by atoms with Crippen molar-refractivity contribution in [2.75, 3.05) is 0 Å². The summed E-state index contributed by atoms with van der Waals surface area (Å²) in [6.07, 6.45) is 6.25. The summed E-state index contributed by atoms with van der Waals surface area (Å²) >= 11 is 0. The lowest BCUT2D eigenvalue weighted by Crippen LogP contribution is -2.30. The van der Waals surface area contributed by atoms with Gasteiger partial charge in [-0.15, -0.1) is 0 Å².